The number of ether oxygens (including phenoxy) is 2. The Bertz CT molecular complexity index is 1130. The fraction of sp³-hybridized carbons (Fsp3) is 0.304. The van der Waals surface area contributed by atoms with Gasteiger partial charge in [-0.15, -0.1) is 0 Å². The molecule has 0 saturated carbocycles. The second-order valence-corrected chi connectivity index (χ2v) is 7.55. The van der Waals surface area contributed by atoms with E-state index in [4.69, 9.17) is 9.47 Å². The van der Waals surface area contributed by atoms with E-state index in [9.17, 15) is 14.0 Å². The number of hydrogen-bond donors (Lipinski definition) is 2. The van der Waals surface area contributed by atoms with Crippen LogP contribution >= 0.6 is 0 Å². The Labute approximate surface area is 179 Å². The molecule has 3 aromatic rings. The number of aromatic amines is 1. The van der Waals surface area contributed by atoms with Crippen molar-refractivity contribution in [1.82, 2.24) is 9.88 Å². The highest BCUT2D eigenvalue weighted by Crippen LogP contribution is 2.30. The van der Waals surface area contributed by atoms with E-state index >= 15 is 0 Å². The van der Waals surface area contributed by atoms with Crippen molar-refractivity contribution < 1.29 is 23.5 Å². The van der Waals surface area contributed by atoms with E-state index in [1.54, 1.807) is 36.3 Å². The first-order valence-electron chi connectivity index (χ1n) is 10.0. The summed E-state index contributed by atoms with van der Waals surface area (Å²) in [6.45, 7) is 0.817. The van der Waals surface area contributed by atoms with Crippen LogP contribution in [0.2, 0.25) is 0 Å². The van der Waals surface area contributed by atoms with Crippen LogP contribution in [0.25, 0.3) is 10.9 Å². The number of hydrogen-bond acceptors (Lipinski definition) is 4. The smallest absolute Gasteiger partial charge is 0.229 e. The van der Waals surface area contributed by atoms with Crippen molar-refractivity contribution in [2.24, 2.45) is 5.92 Å². The number of benzene rings is 2. The molecule has 1 saturated heterocycles. The van der Waals surface area contributed by atoms with Crippen LogP contribution in [0, 0.1) is 11.7 Å². The molecule has 1 fully saturated rings. The summed E-state index contributed by atoms with van der Waals surface area (Å²) in [5.74, 6) is 0.0760. The quantitative estimate of drug-likeness (QED) is 0.608. The number of methoxy groups -OCH3 is 2. The summed E-state index contributed by atoms with van der Waals surface area (Å²) in [6, 6.07) is 9.72. The van der Waals surface area contributed by atoms with Gasteiger partial charge in [-0.1, -0.05) is 0 Å². The maximum Gasteiger partial charge on any atom is 0.229 e. The highest BCUT2D eigenvalue weighted by molar-refractivity contribution is 5.98. The summed E-state index contributed by atoms with van der Waals surface area (Å²) in [5.41, 5.74) is 2.33. The number of likely N-dealkylation sites (tertiary alicyclic amines) is 1. The first-order chi connectivity index (χ1) is 15.0. The second-order valence-electron chi connectivity index (χ2n) is 7.55. The molecule has 4 rings (SSSR count). The van der Waals surface area contributed by atoms with Crippen molar-refractivity contribution in [2.45, 2.75) is 12.8 Å². The number of carbonyl (C=O) groups excluding carboxylic acids is 2. The van der Waals surface area contributed by atoms with E-state index < -0.39 is 5.92 Å². The van der Waals surface area contributed by atoms with Crippen LogP contribution in [0.1, 0.15) is 12.0 Å². The van der Waals surface area contributed by atoms with Gasteiger partial charge in [-0.05, 0) is 42.3 Å². The lowest BCUT2D eigenvalue weighted by molar-refractivity contribution is -0.128. The molecule has 0 bridgehead atoms. The molecule has 0 aliphatic carbocycles. The number of nitrogens with zero attached hydrogens (tertiary/aromatic N) is 1. The van der Waals surface area contributed by atoms with E-state index in [0.717, 1.165) is 16.5 Å². The molecule has 31 heavy (non-hydrogen) atoms. The van der Waals surface area contributed by atoms with Crippen molar-refractivity contribution >= 4 is 28.4 Å². The van der Waals surface area contributed by atoms with Gasteiger partial charge in [0.25, 0.3) is 0 Å². The zero-order valence-corrected chi connectivity index (χ0v) is 17.4. The number of rotatable bonds is 7. The molecule has 2 N–H and O–H groups in total. The van der Waals surface area contributed by atoms with Crippen LogP contribution < -0.4 is 14.8 Å². The lowest BCUT2D eigenvalue weighted by Crippen LogP contribution is -2.30. The van der Waals surface area contributed by atoms with E-state index in [2.05, 4.69) is 10.3 Å². The maximum atomic E-state index is 13.6. The van der Waals surface area contributed by atoms with Gasteiger partial charge in [0, 0.05) is 42.7 Å². The minimum Gasteiger partial charge on any atom is -0.497 e. The molecule has 162 valence electrons. The van der Waals surface area contributed by atoms with Crippen LogP contribution in [0.15, 0.2) is 42.6 Å². The van der Waals surface area contributed by atoms with Crippen LogP contribution in [0.5, 0.6) is 11.5 Å². The largest absolute Gasteiger partial charge is 0.497 e. The summed E-state index contributed by atoms with van der Waals surface area (Å²) in [5, 5.41) is 3.66. The molecule has 2 heterocycles. The van der Waals surface area contributed by atoms with Crippen molar-refractivity contribution in [3.05, 3.63) is 54.0 Å². The number of halogens is 1. The van der Waals surface area contributed by atoms with E-state index in [-0.39, 0.29) is 24.1 Å². The average Bonchev–Trinajstić information content (AvgIpc) is 3.35. The van der Waals surface area contributed by atoms with E-state index in [0.29, 0.717) is 36.7 Å². The highest BCUT2D eigenvalue weighted by atomic mass is 19.1. The molecular weight excluding hydrogens is 401 g/mol. The molecular formula is C23H24FN3O4. The van der Waals surface area contributed by atoms with Gasteiger partial charge >= 0.3 is 0 Å². The lowest BCUT2D eigenvalue weighted by atomic mass is 10.1. The minimum atomic E-state index is -0.445. The fourth-order valence-corrected chi connectivity index (χ4v) is 3.91. The van der Waals surface area contributed by atoms with Gasteiger partial charge in [-0.25, -0.2) is 4.39 Å². The van der Waals surface area contributed by atoms with Crippen LogP contribution in [-0.4, -0.2) is 49.0 Å². The fourth-order valence-electron chi connectivity index (χ4n) is 3.91. The molecule has 1 atom stereocenters. The third-order valence-corrected chi connectivity index (χ3v) is 5.63. The number of fused-ring (bicyclic) bond motifs is 1. The molecule has 7 nitrogen and oxygen atoms in total. The maximum absolute atomic E-state index is 13.6. The van der Waals surface area contributed by atoms with E-state index in [1.807, 2.05) is 6.20 Å². The Morgan fingerprint density at radius 2 is 2.06 bits per heavy atom. The van der Waals surface area contributed by atoms with Crippen LogP contribution in [0.4, 0.5) is 10.1 Å². The molecule has 2 aromatic carbocycles. The molecule has 0 unspecified atom stereocenters. The predicted octanol–water partition coefficient (Wildman–Crippen LogP) is 3.35. The standard InChI is InChI=1S/C23H24FN3O4/c1-30-17-4-6-20(21(11-17)31-2)26-23(29)15-9-22(28)27(13-15)8-7-14-12-25-19-5-3-16(24)10-18(14)19/h3-6,10-12,15,25H,7-9,13H2,1-2H3,(H,26,29)/t15-/m0/s1. The lowest BCUT2D eigenvalue weighted by Gasteiger charge is -2.17. The van der Waals surface area contributed by atoms with E-state index in [1.165, 1.54) is 19.2 Å². The number of H-pyrrole nitrogens is 1. The van der Waals surface area contributed by atoms with Gasteiger partial charge in [0.05, 0.1) is 25.8 Å². The zero-order valence-electron chi connectivity index (χ0n) is 17.4. The third-order valence-electron chi connectivity index (χ3n) is 5.63. The Morgan fingerprint density at radius 3 is 2.84 bits per heavy atom. The van der Waals surface area contributed by atoms with Crippen LogP contribution in [0.3, 0.4) is 0 Å². The summed E-state index contributed by atoms with van der Waals surface area (Å²) >= 11 is 0. The Morgan fingerprint density at radius 1 is 1.23 bits per heavy atom. The van der Waals surface area contributed by atoms with Gasteiger partial charge in [0.1, 0.15) is 17.3 Å². The van der Waals surface area contributed by atoms with Gasteiger partial charge in [0.2, 0.25) is 11.8 Å². The number of nitrogens with one attached hydrogen (secondary N) is 2. The average molecular weight is 425 g/mol. The molecule has 1 aromatic heterocycles. The summed E-state index contributed by atoms with van der Waals surface area (Å²) in [6.07, 6.45) is 2.58. The van der Waals surface area contributed by atoms with Crippen molar-refractivity contribution in [2.75, 3.05) is 32.6 Å². The first-order valence-corrected chi connectivity index (χ1v) is 10.0. The molecule has 0 spiro atoms. The Hall–Kier alpha value is -3.55. The van der Waals surface area contributed by atoms with Gasteiger partial charge < -0.3 is 24.7 Å². The minimum absolute atomic E-state index is 0.0622. The van der Waals surface area contributed by atoms with Gasteiger partial charge in [-0.2, -0.15) is 0 Å². The molecule has 1 aliphatic heterocycles. The predicted molar refractivity (Wildman–Crippen MR) is 115 cm³/mol. The first kappa shape index (κ1) is 20.7. The molecule has 8 heteroatoms. The SMILES string of the molecule is COc1ccc(NC(=O)[C@H]2CC(=O)N(CCc3c[nH]c4ccc(F)cc34)C2)c(OC)c1. The second kappa shape index (κ2) is 8.67. The monoisotopic (exact) mass is 425 g/mol. The normalized spacial score (nSPS) is 16.0. The summed E-state index contributed by atoms with van der Waals surface area (Å²) < 4.78 is 24.1. The summed E-state index contributed by atoms with van der Waals surface area (Å²) in [4.78, 5) is 30.0. The Balaban J connectivity index is 1.38. The van der Waals surface area contributed by atoms with Gasteiger partial charge in [-0.3, -0.25) is 9.59 Å². The molecule has 1 aliphatic rings. The zero-order chi connectivity index (χ0) is 22.0. The highest BCUT2D eigenvalue weighted by Gasteiger charge is 2.34. The summed E-state index contributed by atoms with van der Waals surface area (Å²) in [7, 11) is 3.07. The number of aromatic nitrogens is 1. The van der Waals surface area contributed by atoms with Crippen LogP contribution in [-0.2, 0) is 16.0 Å². The third kappa shape index (κ3) is 4.33. The van der Waals surface area contributed by atoms with Crippen molar-refractivity contribution in [3.63, 3.8) is 0 Å². The topological polar surface area (TPSA) is 83.7 Å². The van der Waals surface area contributed by atoms with Gasteiger partial charge in [0.15, 0.2) is 0 Å². The number of amides is 2. The van der Waals surface area contributed by atoms with Crippen molar-refractivity contribution in [3.8, 4) is 11.5 Å². The number of carbonyl (C=O) groups is 2. The Kier molecular flexibility index (Phi) is 5.79. The molecule has 0 radical (unpaired) electrons. The van der Waals surface area contributed by atoms with Crippen molar-refractivity contribution in [1.29, 1.82) is 0 Å². The number of anilines is 1. The molecule has 2 amide bonds.